The summed E-state index contributed by atoms with van der Waals surface area (Å²) in [7, 11) is 0. The van der Waals surface area contributed by atoms with E-state index in [1.807, 2.05) is 0 Å². The van der Waals surface area contributed by atoms with Gasteiger partial charge in [-0.2, -0.15) is 0 Å². The van der Waals surface area contributed by atoms with E-state index in [1.165, 1.54) is 6.92 Å². The second kappa shape index (κ2) is 4.21. The van der Waals surface area contributed by atoms with Gasteiger partial charge in [0.15, 0.2) is 0 Å². The number of carbonyl (C=O) groups excluding carboxylic acids is 2. The number of aliphatic carboxylic acids is 1. The van der Waals surface area contributed by atoms with Crippen LogP contribution in [0.4, 0.5) is 0 Å². The number of hydrogen-bond donors (Lipinski definition) is 1. The summed E-state index contributed by atoms with van der Waals surface area (Å²) in [5, 5.41) is 8.13. The summed E-state index contributed by atoms with van der Waals surface area (Å²) >= 11 is 0. The van der Waals surface area contributed by atoms with Crippen molar-refractivity contribution in [3.8, 4) is 0 Å². The zero-order valence-corrected chi connectivity index (χ0v) is 5.73. The minimum absolute atomic E-state index is 0.0540. The Kier molecular flexibility index (Phi) is 3.58. The highest BCUT2D eigenvalue weighted by atomic mass is 16.6. The molecular weight excluding hydrogens is 152 g/mol. The second-order valence-corrected chi connectivity index (χ2v) is 1.67. The van der Waals surface area contributed by atoms with Gasteiger partial charge in [-0.25, -0.2) is 9.59 Å². The van der Waals surface area contributed by atoms with Crippen LogP contribution in [0.5, 0.6) is 0 Å². The molecule has 0 aromatic heterocycles. The van der Waals surface area contributed by atoms with E-state index >= 15 is 0 Å². The molecule has 1 N–H and O–H groups in total. The highest BCUT2D eigenvalue weighted by molar-refractivity contribution is 5.97. The van der Waals surface area contributed by atoms with Gasteiger partial charge in [0.1, 0.15) is 0 Å². The Labute approximate surface area is 62.3 Å². The molecule has 0 atom stereocenters. The second-order valence-electron chi connectivity index (χ2n) is 1.67. The van der Waals surface area contributed by atoms with E-state index < -0.39 is 11.9 Å². The molecule has 0 spiro atoms. The molecule has 0 aromatic rings. The predicted octanol–water partition coefficient (Wildman–Crippen LogP) is -0.283. The Hall–Kier alpha value is -1.65. The minimum Gasteiger partial charge on any atom is -0.478 e. The van der Waals surface area contributed by atoms with Crippen molar-refractivity contribution in [1.82, 2.24) is 0 Å². The first-order chi connectivity index (χ1) is 5.07. The van der Waals surface area contributed by atoms with Crippen LogP contribution in [0.1, 0.15) is 6.92 Å². The average molecular weight is 158 g/mol. The van der Waals surface area contributed by atoms with Crippen LogP contribution >= 0.6 is 0 Å². The van der Waals surface area contributed by atoms with Crippen LogP contribution in [-0.2, 0) is 19.1 Å². The smallest absolute Gasteiger partial charge is 0.341 e. The van der Waals surface area contributed by atoms with E-state index in [-0.39, 0.29) is 12.0 Å². The molecule has 0 aliphatic heterocycles. The first-order valence-electron chi connectivity index (χ1n) is 2.63. The number of ether oxygens (including phenoxy) is 1. The van der Waals surface area contributed by atoms with Crippen molar-refractivity contribution < 1.29 is 24.2 Å². The van der Waals surface area contributed by atoms with Crippen LogP contribution in [0, 0.1) is 0 Å². The van der Waals surface area contributed by atoms with Crippen LogP contribution in [0.3, 0.4) is 0 Å². The topological polar surface area (TPSA) is 80.7 Å². The van der Waals surface area contributed by atoms with E-state index in [2.05, 4.69) is 4.74 Å². The van der Waals surface area contributed by atoms with E-state index in [0.717, 1.165) is 0 Å². The molecule has 5 nitrogen and oxygen atoms in total. The Morgan fingerprint density at radius 1 is 1.45 bits per heavy atom. The molecule has 0 aromatic carbocycles. The third kappa shape index (κ3) is 3.85. The van der Waals surface area contributed by atoms with E-state index in [4.69, 9.17) is 5.11 Å². The maximum Gasteiger partial charge on any atom is 0.341 e. The number of carboxylic acids is 1. The maximum absolute atomic E-state index is 10.5. The lowest BCUT2D eigenvalue weighted by Crippen LogP contribution is -2.05. The molecule has 5 heteroatoms. The number of carboxylic acid groups (broad SMARTS) is 1. The van der Waals surface area contributed by atoms with Gasteiger partial charge < -0.3 is 9.84 Å². The van der Waals surface area contributed by atoms with Gasteiger partial charge in [0, 0.05) is 11.6 Å². The van der Waals surface area contributed by atoms with Crippen LogP contribution in [0.2, 0.25) is 0 Å². The fraction of sp³-hybridized carbons (Fsp3) is 0.167. The van der Waals surface area contributed by atoms with Gasteiger partial charge >= 0.3 is 18.4 Å². The molecule has 0 fully saturated rings. The summed E-state index contributed by atoms with van der Waals surface area (Å²) in [5.74, 6) is -2.22. The Morgan fingerprint density at radius 2 is 2.00 bits per heavy atom. The van der Waals surface area contributed by atoms with Gasteiger partial charge in [-0.05, 0) is 6.92 Å². The third-order valence-electron chi connectivity index (χ3n) is 0.817. The number of hydrogen-bond acceptors (Lipinski definition) is 4. The number of carbonyl (C=O) groups is 3. The summed E-state index contributed by atoms with van der Waals surface area (Å²) < 4.78 is 3.85. The molecule has 11 heavy (non-hydrogen) atoms. The van der Waals surface area contributed by atoms with Gasteiger partial charge in [-0.15, -0.1) is 0 Å². The summed E-state index contributed by atoms with van der Waals surface area (Å²) in [4.78, 5) is 30.0. The van der Waals surface area contributed by atoms with Crippen LogP contribution in [0.15, 0.2) is 11.6 Å². The normalized spacial score (nSPS) is 10.5. The van der Waals surface area contributed by atoms with Gasteiger partial charge in [-0.1, -0.05) is 0 Å². The third-order valence-corrected chi connectivity index (χ3v) is 0.817. The summed E-state index contributed by atoms with van der Waals surface area (Å²) in [6.45, 7) is 1.18. The first-order valence-corrected chi connectivity index (χ1v) is 2.63. The van der Waals surface area contributed by atoms with Crippen molar-refractivity contribution in [2.24, 2.45) is 0 Å². The zero-order valence-electron chi connectivity index (χ0n) is 5.73. The summed E-state index contributed by atoms with van der Waals surface area (Å²) in [6, 6.07) is 0. The van der Waals surface area contributed by atoms with Gasteiger partial charge in [0.05, 0.1) is 0 Å². The highest BCUT2D eigenvalue weighted by Gasteiger charge is 2.05. The summed E-state index contributed by atoms with van der Waals surface area (Å²) in [6.07, 6.45) is 0.659. The first kappa shape index (κ1) is 9.35. The Bertz CT molecular complexity index is 215. The molecule has 60 valence electrons. The molecule has 0 saturated heterocycles. The fourth-order valence-electron chi connectivity index (χ4n) is 0.381. The van der Waals surface area contributed by atoms with Crippen LogP contribution in [0.25, 0.3) is 0 Å². The predicted molar refractivity (Wildman–Crippen MR) is 33.5 cm³/mol. The van der Waals surface area contributed by atoms with Crippen LogP contribution in [-0.4, -0.2) is 23.5 Å². The molecule has 0 bridgehead atoms. The van der Waals surface area contributed by atoms with Gasteiger partial charge in [-0.3, -0.25) is 4.79 Å². The standard InChI is InChI=1S/C6H6O5/c1-4(2-5(8)9)6(10)11-3-7/h2-3H,1H3,(H,8,9)/b4-2-. The van der Waals surface area contributed by atoms with Gasteiger partial charge in [0.2, 0.25) is 0 Å². The molecule has 0 rings (SSSR count). The van der Waals surface area contributed by atoms with Crippen molar-refractivity contribution in [2.75, 3.05) is 0 Å². The Morgan fingerprint density at radius 3 is 2.36 bits per heavy atom. The molecule has 0 heterocycles. The van der Waals surface area contributed by atoms with E-state index in [9.17, 15) is 14.4 Å². The number of rotatable bonds is 3. The van der Waals surface area contributed by atoms with Crippen molar-refractivity contribution in [1.29, 1.82) is 0 Å². The quantitative estimate of drug-likeness (QED) is 0.264. The number of esters is 1. The van der Waals surface area contributed by atoms with Crippen molar-refractivity contribution >= 4 is 18.4 Å². The Balaban J connectivity index is 4.22. The minimum atomic E-state index is -1.26. The SMILES string of the molecule is C/C(=C/C(=O)O)C(=O)OC=O. The largest absolute Gasteiger partial charge is 0.478 e. The molecule has 0 amide bonds. The zero-order chi connectivity index (χ0) is 8.85. The van der Waals surface area contributed by atoms with Crippen molar-refractivity contribution in [3.05, 3.63) is 11.6 Å². The lowest BCUT2D eigenvalue weighted by atomic mass is 10.3. The van der Waals surface area contributed by atoms with Gasteiger partial charge in [0.25, 0.3) is 0 Å². The fourth-order valence-corrected chi connectivity index (χ4v) is 0.381. The molecule has 0 radical (unpaired) electrons. The maximum atomic E-state index is 10.5. The molecule has 0 unspecified atom stereocenters. The summed E-state index contributed by atoms with van der Waals surface area (Å²) in [5.41, 5.74) is -0.135. The van der Waals surface area contributed by atoms with Crippen LogP contribution < -0.4 is 0 Å². The lowest BCUT2D eigenvalue weighted by Gasteiger charge is -1.93. The lowest BCUT2D eigenvalue weighted by molar-refractivity contribution is -0.148. The van der Waals surface area contributed by atoms with E-state index in [0.29, 0.717) is 6.08 Å². The average Bonchev–Trinajstić information content (AvgIpc) is 1.86. The van der Waals surface area contributed by atoms with Crippen molar-refractivity contribution in [2.45, 2.75) is 6.92 Å². The molecule has 0 saturated carbocycles. The van der Waals surface area contributed by atoms with Crippen molar-refractivity contribution in [3.63, 3.8) is 0 Å². The molecule has 0 aliphatic rings. The molecule has 0 aliphatic carbocycles. The van der Waals surface area contributed by atoms with E-state index in [1.54, 1.807) is 0 Å². The molecular formula is C6H6O5. The highest BCUT2D eigenvalue weighted by Crippen LogP contribution is 1.94. The monoisotopic (exact) mass is 158 g/mol.